The summed E-state index contributed by atoms with van der Waals surface area (Å²) in [5, 5.41) is 0.991. The molecule has 182 valence electrons. The Morgan fingerprint density at radius 1 is 1.14 bits per heavy atom. The van der Waals surface area contributed by atoms with Crippen molar-refractivity contribution < 1.29 is 17.6 Å². The Bertz CT molecular complexity index is 1440. The second-order valence-corrected chi connectivity index (χ2v) is 12.0. The molecule has 2 aromatic carbocycles. The summed E-state index contributed by atoms with van der Waals surface area (Å²) in [5.74, 6) is 0.813. The van der Waals surface area contributed by atoms with Gasteiger partial charge in [0, 0.05) is 18.7 Å². The summed E-state index contributed by atoms with van der Waals surface area (Å²) >= 11 is 7.66. The van der Waals surface area contributed by atoms with E-state index in [1.54, 1.807) is 36.6 Å². The summed E-state index contributed by atoms with van der Waals surface area (Å²) in [7, 11) is -3.59. The monoisotopic (exact) mass is 529 g/mol. The molecular weight excluding hydrogens is 506 g/mol. The number of para-hydroxylation sites is 1. The number of amides is 1. The first-order valence-corrected chi connectivity index (χ1v) is 14.0. The van der Waals surface area contributed by atoms with E-state index in [1.165, 1.54) is 32.7 Å². The SMILES string of the molecule is CC1CCN(S(=O)(=O)c2ccc(C(=O)N(Cc3ccco3)c3nc4c(Cl)cccc4s3)cc2)CC1. The van der Waals surface area contributed by atoms with Gasteiger partial charge in [0.05, 0.1) is 27.4 Å². The molecule has 0 bridgehead atoms. The number of sulfonamides is 1. The maximum atomic E-state index is 13.6. The van der Waals surface area contributed by atoms with Crippen LogP contribution >= 0.6 is 22.9 Å². The molecule has 2 aromatic heterocycles. The van der Waals surface area contributed by atoms with Crippen LogP contribution in [0.15, 0.2) is 70.2 Å². The number of fused-ring (bicyclic) bond motifs is 1. The van der Waals surface area contributed by atoms with E-state index >= 15 is 0 Å². The molecule has 1 amide bonds. The molecule has 0 spiro atoms. The molecule has 0 atom stereocenters. The Labute approximate surface area is 213 Å². The third-order valence-corrected chi connectivity index (χ3v) is 9.47. The highest BCUT2D eigenvalue weighted by atomic mass is 35.5. The Balaban J connectivity index is 1.44. The number of anilines is 1. The summed E-state index contributed by atoms with van der Waals surface area (Å²) in [4.78, 5) is 19.9. The molecule has 0 N–H and O–H groups in total. The maximum absolute atomic E-state index is 13.6. The van der Waals surface area contributed by atoms with Gasteiger partial charge in [-0.15, -0.1) is 0 Å². The van der Waals surface area contributed by atoms with Crippen LogP contribution in [0.5, 0.6) is 0 Å². The van der Waals surface area contributed by atoms with Gasteiger partial charge in [0.15, 0.2) is 5.13 Å². The molecule has 0 aliphatic carbocycles. The summed E-state index contributed by atoms with van der Waals surface area (Å²) in [5.41, 5.74) is 0.983. The van der Waals surface area contributed by atoms with Gasteiger partial charge >= 0.3 is 0 Å². The minimum absolute atomic E-state index is 0.176. The minimum Gasteiger partial charge on any atom is -0.467 e. The third-order valence-electron chi connectivity index (χ3n) is 6.21. The fraction of sp³-hybridized carbons (Fsp3) is 0.280. The number of piperidine rings is 1. The molecule has 0 radical (unpaired) electrons. The molecule has 5 rings (SSSR count). The first kappa shape index (κ1) is 24.0. The molecule has 0 unspecified atom stereocenters. The molecule has 0 saturated carbocycles. The van der Waals surface area contributed by atoms with Gasteiger partial charge in [-0.05, 0) is 67.3 Å². The van der Waals surface area contributed by atoms with Crippen molar-refractivity contribution in [3.63, 3.8) is 0 Å². The summed E-state index contributed by atoms with van der Waals surface area (Å²) in [6, 6.07) is 15.2. The van der Waals surface area contributed by atoms with Crippen molar-refractivity contribution in [1.29, 1.82) is 0 Å². The van der Waals surface area contributed by atoms with Gasteiger partial charge in [-0.2, -0.15) is 4.31 Å². The fourth-order valence-electron chi connectivity index (χ4n) is 4.10. The van der Waals surface area contributed by atoms with Gasteiger partial charge < -0.3 is 4.42 Å². The summed E-state index contributed by atoms with van der Waals surface area (Å²) < 4.78 is 34.0. The topological polar surface area (TPSA) is 83.7 Å². The molecule has 7 nitrogen and oxygen atoms in total. The van der Waals surface area contributed by atoms with Gasteiger partial charge in [0.1, 0.15) is 11.3 Å². The van der Waals surface area contributed by atoms with Crippen LogP contribution in [0.25, 0.3) is 10.2 Å². The standard InChI is InChI=1S/C25H24ClN3O4S2/c1-17-11-13-28(14-12-17)35(31,32)20-9-7-18(8-10-20)24(30)29(16-19-4-3-15-33-19)25-27-23-21(26)5-2-6-22(23)34-25/h2-10,15,17H,11-14,16H2,1H3. The molecular formula is C25H24ClN3O4S2. The summed E-state index contributed by atoms with van der Waals surface area (Å²) in [6.07, 6.45) is 3.25. The number of hydrogen-bond acceptors (Lipinski definition) is 6. The van der Waals surface area contributed by atoms with E-state index in [1.807, 2.05) is 12.1 Å². The number of carbonyl (C=O) groups excluding carboxylic acids is 1. The lowest BCUT2D eigenvalue weighted by Gasteiger charge is -2.29. The van der Waals surface area contributed by atoms with Crippen LogP contribution < -0.4 is 4.90 Å². The minimum atomic E-state index is -3.59. The van der Waals surface area contributed by atoms with Crippen LogP contribution in [-0.4, -0.2) is 36.7 Å². The Kier molecular flexibility index (Phi) is 6.67. The Morgan fingerprint density at radius 3 is 2.54 bits per heavy atom. The Morgan fingerprint density at radius 2 is 1.89 bits per heavy atom. The van der Waals surface area contributed by atoms with Gasteiger partial charge in [-0.1, -0.05) is 35.9 Å². The van der Waals surface area contributed by atoms with Crippen LogP contribution in [0.3, 0.4) is 0 Å². The quantitative estimate of drug-likeness (QED) is 0.314. The molecule has 10 heteroatoms. The van der Waals surface area contributed by atoms with E-state index in [9.17, 15) is 13.2 Å². The van der Waals surface area contributed by atoms with Crippen molar-refractivity contribution in [1.82, 2.24) is 9.29 Å². The summed E-state index contributed by atoms with van der Waals surface area (Å²) in [6.45, 7) is 3.34. The number of carbonyl (C=O) groups is 1. The second kappa shape index (κ2) is 9.73. The van der Waals surface area contributed by atoms with Crippen LogP contribution in [0.1, 0.15) is 35.9 Å². The number of thiazole rings is 1. The highest BCUT2D eigenvalue weighted by Gasteiger charge is 2.29. The number of benzene rings is 2. The molecule has 4 aromatic rings. The van der Waals surface area contributed by atoms with Crippen molar-refractivity contribution in [2.45, 2.75) is 31.2 Å². The lowest BCUT2D eigenvalue weighted by atomic mass is 10.0. The lowest BCUT2D eigenvalue weighted by molar-refractivity contribution is 0.0983. The van der Waals surface area contributed by atoms with Gasteiger partial charge in [-0.3, -0.25) is 9.69 Å². The molecule has 1 saturated heterocycles. The third kappa shape index (κ3) is 4.86. The molecule has 3 heterocycles. The largest absolute Gasteiger partial charge is 0.467 e. The number of halogens is 1. The van der Waals surface area contributed by atoms with E-state index in [-0.39, 0.29) is 17.3 Å². The second-order valence-electron chi connectivity index (χ2n) is 8.66. The van der Waals surface area contributed by atoms with E-state index in [4.69, 9.17) is 16.0 Å². The van der Waals surface area contributed by atoms with E-state index in [0.29, 0.717) is 46.0 Å². The van der Waals surface area contributed by atoms with Gasteiger partial charge in [0.2, 0.25) is 10.0 Å². The van der Waals surface area contributed by atoms with Crippen molar-refractivity contribution in [2.24, 2.45) is 5.92 Å². The zero-order valence-electron chi connectivity index (χ0n) is 19.1. The van der Waals surface area contributed by atoms with Gasteiger partial charge in [0.25, 0.3) is 5.91 Å². The van der Waals surface area contributed by atoms with Gasteiger partial charge in [-0.25, -0.2) is 13.4 Å². The average Bonchev–Trinajstić information content (AvgIpc) is 3.53. The average molecular weight is 530 g/mol. The van der Waals surface area contributed by atoms with E-state index in [0.717, 1.165) is 17.5 Å². The van der Waals surface area contributed by atoms with E-state index < -0.39 is 10.0 Å². The molecule has 1 aliphatic heterocycles. The zero-order chi connectivity index (χ0) is 24.6. The first-order valence-electron chi connectivity index (χ1n) is 11.3. The van der Waals surface area contributed by atoms with Crippen molar-refractivity contribution in [2.75, 3.05) is 18.0 Å². The normalized spacial score (nSPS) is 15.5. The maximum Gasteiger partial charge on any atom is 0.260 e. The van der Waals surface area contributed by atoms with Crippen LogP contribution in [0, 0.1) is 5.92 Å². The van der Waals surface area contributed by atoms with Crippen molar-refractivity contribution in [3.05, 3.63) is 77.2 Å². The first-order chi connectivity index (χ1) is 16.8. The van der Waals surface area contributed by atoms with Crippen LogP contribution in [0.2, 0.25) is 5.02 Å². The molecule has 1 fully saturated rings. The highest BCUT2D eigenvalue weighted by Crippen LogP contribution is 2.34. The van der Waals surface area contributed by atoms with E-state index in [2.05, 4.69) is 11.9 Å². The van der Waals surface area contributed by atoms with Crippen LogP contribution in [0.4, 0.5) is 5.13 Å². The number of aromatic nitrogens is 1. The van der Waals surface area contributed by atoms with Crippen LogP contribution in [-0.2, 0) is 16.6 Å². The predicted octanol–water partition coefficient (Wildman–Crippen LogP) is 5.81. The number of hydrogen-bond donors (Lipinski definition) is 0. The number of nitrogens with zero attached hydrogens (tertiary/aromatic N) is 3. The fourth-order valence-corrected chi connectivity index (χ4v) is 6.84. The predicted molar refractivity (Wildman–Crippen MR) is 137 cm³/mol. The van der Waals surface area contributed by atoms with Crippen molar-refractivity contribution in [3.8, 4) is 0 Å². The number of furan rings is 1. The smallest absolute Gasteiger partial charge is 0.260 e. The highest BCUT2D eigenvalue weighted by molar-refractivity contribution is 7.89. The van der Waals surface area contributed by atoms with Crippen molar-refractivity contribution >= 4 is 54.2 Å². The number of rotatable bonds is 6. The zero-order valence-corrected chi connectivity index (χ0v) is 21.4. The molecule has 1 aliphatic rings. The lowest BCUT2D eigenvalue weighted by Crippen LogP contribution is -2.37. The Hall–Kier alpha value is -2.72. The molecule has 35 heavy (non-hydrogen) atoms.